The molecule has 0 unspecified atom stereocenters. The molecule has 0 saturated carbocycles. The summed E-state index contributed by atoms with van der Waals surface area (Å²) in [6.45, 7) is 0. The van der Waals surface area contributed by atoms with E-state index in [1.54, 1.807) is 0 Å². The normalized spacial score (nSPS) is 10.1. The van der Waals surface area contributed by atoms with Gasteiger partial charge in [-0.25, -0.2) is 0 Å². The van der Waals surface area contributed by atoms with Crippen LogP contribution in [-0.4, -0.2) is 20.2 Å². The molecule has 10 heteroatoms. The summed E-state index contributed by atoms with van der Waals surface area (Å²) in [5.41, 5.74) is 0. The fraction of sp³-hybridized carbons (Fsp3) is 0. The van der Waals surface area contributed by atoms with E-state index >= 15 is 0 Å². The first-order valence-electron chi connectivity index (χ1n) is 3.12. The molecule has 0 heterocycles. The Balaban J connectivity index is 5.71. The molecule has 0 fully saturated rings. The number of hydrogen-bond donors (Lipinski definition) is 0. The summed E-state index contributed by atoms with van der Waals surface area (Å²) in [6, 6.07) is 0. The Kier molecular flexibility index (Phi) is 5.99. The zero-order valence-corrected chi connectivity index (χ0v) is 9.40. The molecule has 0 aromatic heterocycles. The van der Waals surface area contributed by atoms with Gasteiger partial charge in [-0.1, -0.05) is 0 Å². The van der Waals surface area contributed by atoms with Crippen LogP contribution in [-0.2, 0) is 0 Å². The molecule has 0 radical (unpaired) electrons. The van der Waals surface area contributed by atoms with Gasteiger partial charge in [0.25, 0.3) is 0 Å². The third kappa shape index (κ3) is 3.77. The molecule has 0 aromatic rings. The second-order valence-electron chi connectivity index (χ2n) is 1.99. The summed E-state index contributed by atoms with van der Waals surface area (Å²) in [5.74, 6) is 0. The Labute approximate surface area is 89.7 Å². The van der Waals surface area contributed by atoms with Gasteiger partial charge in [-0.15, -0.1) is 0 Å². The van der Waals surface area contributed by atoms with Gasteiger partial charge < -0.3 is 0 Å². The second kappa shape index (κ2) is 6.22. The van der Waals surface area contributed by atoms with Crippen molar-refractivity contribution in [1.82, 2.24) is 0 Å². The molecule has 0 aromatic carbocycles. The van der Waals surface area contributed by atoms with Gasteiger partial charge in [-0.2, -0.15) is 0 Å². The number of rotatable bonds is 3. The van der Waals surface area contributed by atoms with Crippen molar-refractivity contribution >= 4 is 20.2 Å². The topological polar surface area (TPSA) is 0 Å². The third-order valence-corrected chi connectivity index (χ3v) is 5.87. The van der Waals surface area contributed by atoms with E-state index < -0.39 is 49.8 Å². The Bertz CT molecular complexity index is 299. The molecular weight excluding hydrogens is 365 g/mol. The molecule has 0 rings (SSSR count). The van der Waals surface area contributed by atoms with E-state index in [0.717, 1.165) is 0 Å². The molecular formula is C6F9Sb. The number of halogens is 9. The van der Waals surface area contributed by atoms with Crippen LogP contribution in [0, 0.1) is 0 Å². The molecule has 0 aliphatic heterocycles. The average molecular weight is 365 g/mol. The van der Waals surface area contributed by atoms with Crippen LogP contribution < -0.4 is 0 Å². The maximum absolute atomic E-state index is 12.4. The quantitative estimate of drug-likeness (QED) is 0.516. The van der Waals surface area contributed by atoms with Gasteiger partial charge in [-0.3, -0.25) is 0 Å². The van der Waals surface area contributed by atoms with E-state index in [0.29, 0.717) is 0 Å². The molecule has 0 atom stereocenters. The van der Waals surface area contributed by atoms with Gasteiger partial charge >= 0.3 is 89.3 Å². The summed E-state index contributed by atoms with van der Waals surface area (Å²) in [6.07, 6.45) is -9.89. The molecule has 0 aliphatic carbocycles. The van der Waals surface area contributed by atoms with Crippen LogP contribution in [0.4, 0.5) is 39.5 Å². The van der Waals surface area contributed by atoms with Crippen LogP contribution in [0.1, 0.15) is 0 Å². The zero-order valence-electron chi connectivity index (χ0n) is 6.85. The summed E-state index contributed by atoms with van der Waals surface area (Å²) in [4.78, 5) is 0. The zero-order chi connectivity index (χ0) is 13.0. The van der Waals surface area contributed by atoms with E-state index in [1.165, 1.54) is 0 Å². The molecule has 0 N–H and O–H groups in total. The minimum absolute atomic E-state index is 2.86. The van der Waals surface area contributed by atoms with Crippen molar-refractivity contribution in [1.29, 1.82) is 0 Å². The first-order chi connectivity index (χ1) is 7.20. The van der Waals surface area contributed by atoms with Gasteiger partial charge in [0.05, 0.1) is 0 Å². The molecule has 92 valence electrons. The minimum atomic E-state index is -5.80. The van der Waals surface area contributed by atoms with Crippen molar-refractivity contribution in [3.05, 3.63) is 29.6 Å². The molecule has 0 saturated heterocycles. The standard InChI is InChI=1S/3C2F3.Sb/c3*3-1-2(4)5;. The predicted octanol–water partition coefficient (Wildman–Crippen LogP) is 4.33. The number of hydrogen-bond acceptors (Lipinski definition) is 0. The second-order valence-corrected chi connectivity index (χ2v) is 7.27. The maximum atomic E-state index is 12.4. The molecule has 0 bridgehead atoms. The molecule has 0 aliphatic rings. The Morgan fingerprint density at radius 3 is 0.750 bits per heavy atom. The fourth-order valence-corrected chi connectivity index (χ4v) is 3.44. The van der Waals surface area contributed by atoms with Crippen LogP contribution >= 0.6 is 0 Å². The van der Waals surface area contributed by atoms with Crippen molar-refractivity contribution in [2.75, 3.05) is 0 Å². The predicted molar refractivity (Wildman–Crippen MR) is 36.8 cm³/mol. The van der Waals surface area contributed by atoms with Crippen LogP contribution in [0.25, 0.3) is 0 Å². The average Bonchev–Trinajstić information content (AvgIpc) is 2.16. The Hall–Kier alpha value is -0.592. The van der Waals surface area contributed by atoms with Gasteiger partial charge in [0.15, 0.2) is 0 Å². The molecule has 0 nitrogen and oxygen atoms in total. The van der Waals surface area contributed by atoms with E-state index in [2.05, 4.69) is 0 Å². The molecule has 0 spiro atoms. The SMILES string of the molecule is FC(F)=[C](F)[Sb]([C](F)=C(F)F)[C](F)=C(F)F. The van der Waals surface area contributed by atoms with E-state index in [1.807, 2.05) is 0 Å². The van der Waals surface area contributed by atoms with E-state index in [-0.39, 0.29) is 0 Å². The van der Waals surface area contributed by atoms with Crippen molar-refractivity contribution in [2.45, 2.75) is 0 Å². The summed E-state index contributed by atoms with van der Waals surface area (Å²) < 4.78 is 98.3. The monoisotopic (exact) mass is 364 g/mol. The van der Waals surface area contributed by atoms with Gasteiger partial charge in [0.2, 0.25) is 0 Å². The Morgan fingerprint density at radius 1 is 0.438 bits per heavy atom. The van der Waals surface area contributed by atoms with Gasteiger partial charge in [0, 0.05) is 0 Å². The van der Waals surface area contributed by atoms with E-state index in [9.17, 15) is 39.5 Å². The fourth-order valence-electron chi connectivity index (χ4n) is 0.512. The van der Waals surface area contributed by atoms with Gasteiger partial charge in [0.1, 0.15) is 0 Å². The molecule has 0 amide bonds. The third-order valence-electron chi connectivity index (χ3n) is 1.06. The summed E-state index contributed by atoms with van der Waals surface area (Å²) in [7, 11) is 0. The Morgan fingerprint density at radius 2 is 0.625 bits per heavy atom. The summed E-state index contributed by atoms with van der Waals surface area (Å²) >= 11 is -5.80. The van der Waals surface area contributed by atoms with Crippen molar-refractivity contribution in [2.24, 2.45) is 0 Å². The van der Waals surface area contributed by atoms with Crippen LogP contribution in [0.5, 0.6) is 0 Å². The first-order valence-corrected chi connectivity index (χ1v) is 6.95. The summed E-state index contributed by atoms with van der Waals surface area (Å²) in [5, 5.41) is 0. The van der Waals surface area contributed by atoms with Crippen molar-refractivity contribution < 1.29 is 39.5 Å². The van der Waals surface area contributed by atoms with Crippen LogP contribution in [0.3, 0.4) is 0 Å². The van der Waals surface area contributed by atoms with Crippen LogP contribution in [0.15, 0.2) is 29.6 Å². The van der Waals surface area contributed by atoms with Crippen molar-refractivity contribution in [3.63, 3.8) is 0 Å². The van der Waals surface area contributed by atoms with Crippen LogP contribution in [0.2, 0.25) is 0 Å². The van der Waals surface area contributed by atoms with Gasteiger partial charge in [-0.05, 0) is 0 Å². The first kappa shape index (κ1) is 15.4. The molecule has 16 heavy (non-hydrogen) atoms. The van der Waals surface area contributed by atoms with Crippen molar-refractivity contribution in [3.8, 4) is 0 Å². The van der Waals surface area contributed by atoms with E-state index in [4.69, 9.17) is 0 Å².